The summed E-state index contributed by atoms with van der Waals surface area (Å²) in [6.45, 7) is 0.715. The van der Waals surface area contributed by atoms with Crippen LogP contribution in [0, 0.1) is 0 Å². The predicted molar refractivity (Wildman–Crippen MR) is 91.4 cm³/mol. The van der Waals surface area contributed by atoms with Crippen LogP contribution in [0.2, 0.25) is 0 Å². The number of aromatic amines is 1. The van der Waals surface area contributed by atoms with Gasteiger partial charge in [-0.15, -0.1) is 0 Å². The average Bonchev–Trinajstić information content (AvgIpc) is 2.92. The summed E-state index contributed by atoms with van der Waals surface area (Å²) in [5.74, 6) is -0.129. The van der Waals surface area contributed by atoms with Crippen molar-refractivity contribution in [1.29, 1.82) is 0 Å². The number of carboxylic acid groups (broad SMARTS) is 1. The fourth-order valence-electron chi connectivity index (χ4n) is 2.57. The predicted octanol–water partition coefficient (Wildman–Crippen LogP) is 3.32. The van der Waals surface area contributed by atoms with Crippen LogP contribution in [0.25, 0.3) is 17.0 Å². The molecule has 0 amide bonds. The molecule has 0 bridgehead atoms. The van der Waals surface area contributed by atoms with E-state index < -0.39 is 5.97 Å². The van der Waals surface area contributed by atoms with Crippen LogP contribution in [0.5, 0.6) is 0 Å². The minimum Gasteiger partial charge on any atom is -0.478 e. The van der Waals surface area contributed by atoms with Crippen molar-refractivity contribution >= 4 is 28.8 Å². The first-order chi connectivity index (χ1) is 11.2. The van der Waals surface area contributed by atoms with E-state index in [4.69, 9.17) is 5.11 Å². The Morgan fingerprint density at radius 3 is 2.83 bits per heavy atom. The molecule has 5 heteroatoms. The number of fused-ring (bicyclic) bond motifs is 1. The van der Waals surface area contributed by atoms with E-state index in [-0.39, 0.29) is 0 Å². The zero-order valence-corrected chi connectivity index (χ0v) is 12.5. The van der Waals surface area contributed by atoms with Gasteiger partial charge in [-0.1, -0.05) is 24.3 Å². The molecule has 0 saturated heterocycles. The van der Waals surface area contributed by atoms with Crippen LogP contribution in [0.1, 0.15) is 11.3 Å². The second-order valence-corrected chi connectivity index (χ2v) is 5.13. The SMILES string of the molecule is O=C(O)/C=C/c1[nH]c2ccccc2c1CCNc1ccccn1. The summed E-state index contributed by atoms with van der Waals surface area (Å²) in [6.07, 6.45) is 5.27. The standard InChI is InChI=1S/C18H17N3O2/c22-18(23)9-8-16-14(13-5-1-2-6-15(13)21-16)10-12-20-17-7-3-4-11-19-17/h1-9,11,21H,10,12H2,(H,19,20)(H,22,23)/b9-8+. The summed E-state index contributed by atoms with van der Waals surface area (Å²) < 4.78 is 0. The summed E-state index contributed by atoms with van der Waals surface area (Å²) in [5, 5.41) is 13.2. The Labute approximate surface area is 133 Å². The molecule has 0 aliphatic carbocycles. The fourth-order valence-corrected chi connectivity index (χ4v) is 2.57. The number of aliphatic carboxylic acids is 1. The number of para-hydroxylation sites is 1. The van der Waals surface area contributed by atoms with Gasteiger partial charge in [0, 0.05) is 35.4 Å². The van der Waals surface area contributed by atoms with Crippen LogP contribution in [-0.2, 0) is 11.2 Å². The number of carboxylic acids is 1. The highest BCUT2D eigenvalue weighted by molar-refractivity contribution is 5.90. The van der Waals surface area contributed by atoms with Gasteiger partial charge in [-0.3, -0.25) is 0 Å². The van der Waals surface area contributed by atoms with Gasteiger partial charge >= 0.3 is 5.97 Å². The number of H-pyrrole nitrogens is 1. The van der Waals surface area contributed by atoms with Crippen molar-refractivity contribution in [2.24, 2.45) is 0 Å². The zero-order chi connectivity index (χ0) is 16.1. The number of hydrogen-bond acceptors (Lipinski definition) is 3. The van der Waals surface area contributed by atoms with E-state index in [1.54, 1.807) is 12.3 Å². The van der Waals surface area contributed by atoms with Crippen molar-refractivity contribution in [1.82, 2.24) is 9.97 Å². The first-order valence-electron chi connectivity index (χ1n) is 7.39. The van der Waals surface area contributed by atoms with E-state index in [2.05, 4.69) is 15.3 Å². The van der Waals surface area contributed by atoms with Crippen molar-refractivity contribution in [3.63, 3.8) is 0 Å². The third-order valence-electron chi connectivity index (χ3n) is 3.59. The molecule has 2 aromatic heterocycles. The van der Waals surface area contributed by atoms with Crippen LogP contribution in [-0.4, -0.2) is 27.6 Å². The second-order valence-electron chi connectivity index (χ2n) is 5.13. The molecule has 3 aromatic rings. The van der Waals surface area contributed by atoms with Gasteiger partial charge in [-0.2, -0.15) is 0 Å². The van der Waals surface area contributed by atoms with Crippen LogP contribution in [0.15, 0.2) is 54.7 Å². The van der Waals surface area contributed by atoms with E-state index in [1.807, 2.05) is 42.5 Å². The normalized spacial score (nSPS) is 11.1. The molecule has 0 fully saturated rings. The van der Waals surface area contributed by atoms with Gasteiger partial charge in [0.1, 0.15) is 5.82 Å². The number of anilines is 1. The maximum Gasteiger partial charge on any atom is 0.328 e. The summed E-state index contributed by atoms with van der Waals surface area (Å²) >= 11 is 0. The van der Waals surface area contributed by atoms with Crippen LogP contribution < -0.4 is 5.32 Å². The quantitative estimate of drug-likeness (QED) is 0.610. The third-order valence-corrected chi connectivity index (χ3v) is 3.59. The highest BCUT2D eigenvalue weighted by Crippen LogP contribution is 2.24. The lowest BCUT2D eigenvalue weighted by Crippen LogP contribution is -2.06. The fraction of sp³-hybridized carbons (Fsp3) is 0.111. The third kappa shape index (κ3) is 3.58. The number of pyridine rings is 1. The lowest BCUT2D eigenvalue weighted by Gasteiger charge is -2.05. The molecule has 2 heterocycles. The number of rotatable bonds is 6. The van der Waals surface area contributed by atoms with Crippen molar-refractivity contribution in [2.75, 3.05) is 11.9 Å². The lowest BCUT2D eigenvalue weighted by molar-refractivity contribution is -0.131. The second kappa shape index (κ2) is 6.79. The van der Waals surface area contributed by atoms with E-state index in [0.29, 0.717) is 6.54 Å². The first-order valence-corrected chi connectivity index (χ1v) is 7.39. The van der Waals surface area contributed by atoms with Crippen molar-refractivity contribution in [3.05, 3.63) is 66.0 Å². The van der Waals surface area contributed by atoms with Gasteiger partial charge in [0.15, 0.2) is 0 Å². The maximum atomic E-state index is 10.8. The highest BCUT2D eigenvalue weighted by Gasteiger charge is 2.09. The molecule has 5 nitrogen and oxygen atoms in total. The molecule has 3 rings (SSSR count). The molecule has 116 valence electrons. The molecule has 0 radical (unpaired) electrons. The Morgan fingerprint density at radius 2 is 2.04 bits per heavy atom. The molecular weight excluding hydrogens is 290 g/mol. The number of carbonyl (C=O) groups is 1. The summed E-state index contributed by atoms with van der Waals surface area (Å²) in [6, 6.07) is 13.7. The molecule has 0 aliphatic rings. The monoisotopic (exact) mass is 307 g/mol. The molecule has 3 N–H and O–H groups in total. The number of aromatic nitrogens is 2. The number of benzene rings is 1. The molecule has 0 aliphatic heterocycles. The molecule has 23 heavy (non-hydrogen) atoms. The summed E-state index contributed by atoms with van der Waals surface area (Å²) in [7, 11) is 0. The Balaban J connectivity index is 1.82. The number of hydrogen-bond donors (Lipinski definition) is 3. The first kappa shape index (κ1) is 14.8. The van der Waals surface area contributed by atoms with Gasteiger partial charge in [-0.05, 0) is 36.3 Å². The maximum absolute atomic E-state index is 10.8. The van der Waals surface area contributed by atoms with Gasteiger partial charge in [0.05, 0.1) is 0 Å². The molecule has 0 unspecified atom stereocenters. The largest absolute Gasteiger partial charge is 0.478 e. The Kier molecular flexibility index (Phi) is 4.38. The number of nitrogens with zero attached hydrogens (tertiary/aromatic N) is 1. The van der Waals surface area contributed by atoms with Crippen molar-refractivity contribution in [2.45, 2.75) is 6.42 Å². The van der Waals surface area contributed by atoms with Crippen LogP contribution in [0.4, 0.5) is 5.82 Å². The van der Waals surface area contributed by atoms with Gasteiger partial charge < -0.3 is 15.4 Å². The summed E-state index contributed by atoms with van der Waals surface area (Å²) in [5.41, 5.74) is 2.93. The highest BCUT2D eigenvalue weighted by atomic mass is 16.4. The van der Waals surface area contributed by atoms with Gasteiger partial charge in [-0.25, -0.2) is 9.78 Å². The molecule has 0 atom stereocenters. The van der Waals surface area contributed by atoms with Crippen molar-refractivity contribution < 1.29 is 9.90 Å². The van der Waals surface area contributed by atoms with Gasteiger partial charge in [0.2, 0.25) is 0 Å². The minimum absolute atomic E-state index is 0.715. The van der Waals surface area contributed by atoms with E-state index in [1.165, 1.54) is 0 Å². The molecule has 0 saturated carbocycles. The lowest BCUT2D eigenvalue weighted by atomic mass is 10.1. The van der Waals surface area contributed by atoms with E-state index in [0.717, 1.165) is 40.5 Å². The Morgan fingerprint density at radius 1 is 1.22 bits per heavy atom. The van der Waals surface area contributed by atoms with Gasteiger partial charge in [0.25, 0.3) is 0 Å². The minimum atomic E-state index is -0.957. The van der Waals surface area contributed by atoms with E-state index >= 15 is 0 Å². The molecule has 0 spiro atoms. The Hall–Kier alpha value is -3.08. The van der Waals surface area contributed by atoms with Crippen LogP contribution in [0.3, 0.4) is 0 Å². The summed E-state index contributed by atoms with van der Waals surface area (Å²) in [4.78, 5) is 18.3. The van der Waals surface area contributed by atoms with Crippen LogP contribution >= 0.6 is 0 Å². The average molecular weight is 307 g/mol. The zero-order valence-electron chi connectivity index (χ0n) is 12.5. The van der Waals surface area contributed by atoms with E-state index in [9.17, 15) is 4.79 Å². The molecule has 1 aromatic carbocycles. The van der Waals surface area contributed by atoms with Crippen molar-refractivity contribution in [3.8, 4) is 0 Å². The molecular formula is C18H17N3O2. The Bertz CT molecular complexity index is 838. The smallest absolute Gasteiger partial charge is 0.328 e. The number of nitrogens with one attached hydrogen (secondary N) is 2. The topological polar surface area (TPSA) is 78.0 Å².